The largest absolute Gasteiger partial charge is 0.634 e. The van der Waals surface area contributed by atoms with Gasteiger partial charge in [-0.05, 0) is 34.1 Å². The molecule has 0 amide bonds. The van der Waals surface area contributed by atoms with E-state index in [0.29, 0.717) is 6.61 Å². The quantitative estimate of drug-likeness (QED) is 0.494. The minimum absolute atomic E-state index is 0.565. The van der Waals surface area contributed by atoms with Gasteiger partial charge >= 0.3 is 7.32 Å². The molecule has 0 rings (SSSR count). The predicted molar refractivity (Wildman–Crippen MR) is 64.9 cm³/mol. The van der Waals surface area contributed by atoms with E-state index in [-0.39, 0.29) is 0 Å². The molecule has 4 nitrogen and oxygen atoms in total. The average molecular weight is 232 g/mol. The highest BCUT2D eigenvalue weighted by Crippen LogP contribution is 2.29. The van der Waals surface area contributed by atoms with Gasteiger partial charge in [0.05, 0.1) is 11.2 Å². The van der Waals surface area contributed by atoms with Crippen molar-refractivity contribution >= 4 is 7.32 Å². The molecule has 0 aliphatic rings. The van der Waals surface area contributed by atoms with Crippen LogP contribution in [0.5, 0.6) is 0 Å². The molecule has 0 aliphatic carbocycles. The first-order valence-corrected chi connectivity index (χ1v) is 5.91. The summed E-state index contributed by atoms with van der Waals surface area (Å²) in [5, 5.41) is 17.7. The minimum atomic E-state index is -1.77. The lowest BCUT2D eigenvalue weighted by atomic mass is 9.87. The van der Waals surface area contributed by atoms with Gasteiger partial charge in [0.15, 0.2) is 0 Å². The maximum atomic E-state index is 8.84. The Morgan fingerprint density at radius 2 is 1.56 bits per heavy atom. The van der Waals surface area contributed by atoms with Gasteiger partial charge in [-0.3, -0.25) is 0 Å². The molecule has 0 radical (unpaired) electrons. The first-order chi connectivity index (χ1) is 7.23. The summed E-state index contributed by atoms with van der Waals surface area (Å²) in [7, 11) is -1.77. The zero-order valence-corrected chi connectivity index (χ0v) is 11.1. The molecule has 0 aliphatic heterocycles. The van der Waals surface area contributed by atoms with Crippen LogP contribution >= 0.6 is 0 Å². The summed E-state index contributed by atoms with van der Waals surface area (Å²) < 4.78 is 10.8. The van der Waals surface area contributed by atoms with Crippen LogP contribution < -0.4 is 0 Å². The van der Waals surface area contributed by atoms with Crippen molar-refractivity contribution in [1.29, 1.82) is 0 Å². The molecule has 0 atom stereocenters. The molecular formula is C11H25BO4. The van der Waals surface area contributed by atoms with Crippen molar-refractivity contribution in [3.8, 4) is 0 Å². The minimum Gasteiger partial charge on any atom is -0.402 e. The number of rotatable bonds is 8. The number of unbranched alkanes of at least 4 members (excludes halogenated alkanes) is 2. The molecule has 0 aromatic rings. The normalized spacial score (nSPS) is 12.9. The van der Waals surface area contributed by atoms with Crippen LogP contribution in [0.15, 0.2) is 0 Å². The van der Waals surface area contributed by atoms with E-state index in [2.05, 4.69) is 6.92 Å². The first kappa shape index (κ1) is 15.9. The maximum Gasteiger partial charge on any atom is 0.634 e. The van der Waals surface area contributed by atoms with Crippen LogP contribution in [0.3, 0.4) is 0 Å². The van der Waals surface area contributed by atoms with Crippen molar-refractivity contribution in [2.24, 2.45) is 0 Å². The number of hydrogen-bond acceptors (Lipinski definition) is 4. The summed E-state index contributed by atoms with van der Waals surface area (Å²) in [6, 6.07) is 0. The Balaban J connectivity index is 4.17. The molecule has 0 saturated heterocycles. The SMILES string of the molecule is CCCCCOC(C)(C)C(C)(C)OB(O)O. The Morgan fingerprint density at radius 1 is 1.00 bits per heavy atom. The number of hydrogen-bond donors (Lipinski definition) is 2. The van der Waals surface area contributed by atoms with Crippen LogP contribution in [-0.2, 0) is 9.39 Å². The molecule has 0 aromatic carbocycles. The van der Waals surface area contributed by atoms with Crippen LogP contribution in [0.4, 0.5) is 0 Å². The molecule has 0 heterocycles. The maximum absolute atomic E-state index is 8.84. The second kappa shape index (κ2) is 6.59. The van der Waals surface area contributed by atoms with Gasteiger partial charge in [0.1, 0.15) is 0 Å². The highest BCUT2D eigenvalue weighted by molar-refractivity contribution is 6.32. The van der Waals surface area contributed by atoms with E-state index in [4.69, 9.17) is 19.4 Å². The predicted octanol–water partition coefficient (Wildman–Crippen LogP) is 1.74. The van der Waals surface area contributed by atoms with Crippen LogP contribution in [-0.4, -0.2) is 35.2 Å². The lowest BCUT2D eigenvalue weighted by Gasteiger charge is -2.41. The van der Waals surface area contributed by atoms with E-state index >= 15 is 0 Å². The Morgan fingerprint density at radius 3 is 2.00 bits per heavy atom. The monoisotopic (exact) mass is 232 g/mol. The smallest absolute Gasteiger partial charge is 0.402 e. The van der Waals surface area contributed by atoms with Gasteiger partial charge in [-0.2, -0.15) is 0 Å². The standard InChI is InChI=1S/C11H25BO4/c1-6-7-8-9-15-10(2,3)11(4,5)16-12(13)14/h13-14H,6-9H2,1-5H3. The van der Waals surface area contributed by atoms with E-state index in [1.54, 1.807) is 13.8 Å². The summed E-state index contributed by atoms with van der Waals surface area (Å²) in [5.41, 5.74) is -1.32. The summed E-state index contributed by atoms with van der Waals surface area (Å²) >= 11 is 0. The van der Waals surface area contributed by atoms with Crippen LogP contribution in [0.25, 0.3) is 0 Å². The highest BCUT2D eigenvalue weighted by Gasteiger charge is 2.41. The Hall–Kier alpha value is -0.0951. The average Bonchev–Trinajstić information content (AvgIpc) is 2.10. The molecule has 0 spiro atoms. The van der Waals surface area contributed by atoms with E-state index in [1.807, 2.05) is 13.8 Å². The van der Waals surface area contributed by atoms with Gasteiger partial charge in [0.2, 0.25) is 0 Å². The molecule has 2 N–H and O–H groups in total. The van der Waals surface area contributed by atoms with Crippen molar-refractivity contribution in [2.75, 3.05) is 6.61 Å². The first-order valence-electron chi connectivity index (χ1n) is 5.91. The second-order valence-corrected chi connectivity index (χ2v) is 5.02. The Labute approximate surface area is 99.1 Å². The third-order valence-corrected chi connectivity index (χ3v) is 3.06. The lowest BCUT2D eigenvalue weighted by molar-refractivity contribution is -0.147. The van der Waals surface area contributed by atoms with E-state index < -0.39 is 18.5 Å². The van der Waals surface area contributed by atoms with Gasteiger partial charge in [-0.1, -0.05) is 19.8 Å². The van der Waals surface area contributed by atoms with Crippen molar-refractivity contribution in [3.63, 3.8) is 0 Å². The van der Waals surface area contributed by atoms with Gasteiger partial charge in [-0.25, -0.2) is 0 Å². The summed E-state index contributed by atoms with van der Waals surface area (Å²) in [6.07, 6.45) is 3.30. The van der Waals surface area contributed by atoms with Gasteiger partial charge in [-0.15, -0.1) is 0 Å². The molecule has 0 unspecified atom stereocenters. The summed E-state index contributed by atoms with van der Waals surface area (Å²) in [6.45, 7) is 10.1. The van der Waals surface area contributed by atoms with Crippen molar-refractivity contribution in [1.82, 2.24) is 0 Å². The van der Waals surface area contributed by atoms with Gasteiger partial charge in [0.25, 0.3) is 0 Å². The Bertz CT molecular complexity index is 192. The molecule has 0 saturated carbocycles. The van der Waals surface area contributed by atoms with Crippen LogP contribution in [0.2, 0.25) is 0 Å². The van der Waals surface area contributed by atoms with Crippen LogP contribution in [0, 0.1) is 0 Å². The zero-order chi connectivity index (χ0) is 12.8. The Kier molecular flexibility index (Phi) is 6.56. The fourth-order valence-electron chi connectivity index (χ4n) is 1.26. The van der Waals surface area contributed by atoms with E-state index in [9.17, 15) is 0 Å². The fourth-order valence-corrected chi connectivity index (χ4v) is 1.26. The molecule has 0 aromatic heterocycles. The molecule has 16 heavy (non-hydrogen) atoms. The third kappa shape index (κ3) is 5.30. The molecule has 96 valence electrons. The third-order valence-electron chi connectivity index (χ3n) is 3.06. The highest BCUT2D eigenvalue weighted by atomic mass is 16.6. The molecule has 5 heteroatoms. The summed E-state index contributed by atoms with van der Waals surface area (Å²) in [4.78, 5) is 0. The van der Waals surface area contributed by atoms with Crippen molar-refractivity contribution in [3.05, 3.63) is 0 Å². The zero-order valence-electron chi connectivity index (χ0n) is 11.1. The molecule has 0 fully saturated rings. The molecular weight excluding hydrogens is 207 g/mol. The second-order valence-electron chi connectivity index (χ2n) is 5.02. The van der Waals surface area contributed by atoms with Crippen molar-refractivity contribution < 1.29 is 19.4 Å². The van der Waals surface area contributed by atoms with E-state index in [0.717, 1.165) is 19.3 Å². The fraction of sp³-hybridized carbons (Fsp3) is 1.00. The van der Waals surface area contributed by atoms with Crippen LogP contribution in [0.1, 0.15) is 53.9 Å². The van der Waals surface area contributed by atoms with Gasteiger partial charge in [0, 0.05) is 6.61 Å². The number of ether oxygens (including phenoxy) is 1. The van der Waals surface area contributed by atoms with Gasteiger partial charge < -0.3 is 19.4 Å². The van der Waals surface area contributed by atoms with E-state index in [1.165, 1.54) is 0 Å². The van der Waals surface area contributed by atoms with Crippen molar-refractivity contribution in [2.45, 2.75) is 65.1 Å². The topological polar surface area (TPSA) is 58.9 Å². The summed E-state index contributed by atoms with van der Waals surface area (Å²) in [5.74, 6) is 0. The lowest BCUT2D eigenvalue weighted by Crippen LogP contribution is -2.52. The molecule has 0 bridgehead atoms.